The second kappa shape index (κ2) is 8.09. The fraction of sp³-hybridized carbons (Fsp3) is 0.222. The third-order valence-electron chi connectivity index (χ3n) is 3.96. The first-order chi connectivity index (χ1) is 13.0. The van der Waals surface area contributed by atoms with Crippen LogP contribution < -0.4 is 10.6 Å². The van der Waals surface area contributed by atoms with Crippen molar-refractivity contribution in [3.05, 3.63) is 54.0 Å². The van der Waals surface area contributed by atoms with Crippen LogP contribution >= 0.6 is 11.8 Å². The minimum absolute atomic E-state index is 0.436. The van der Waals surface area contributed by atoms with Gasteiger partial charge in [-0.05, 0) is 18.6 Å². The van der Waals surface area contributed by atoms with Gasteiger partial charge >= 0.3 is 6.03 Å². The normalized spacial score (nSPS) is 11.8. The molecule has 0 unspecified atom stereocenters. The van der Waals surface area contributed by atoms with E-state index in [1.807, 2.05) is 50.4 Å². The van der Waals surface area contributed by atoms with Crippen LogP contribution in [0.1, 0.15) is 16.6 Å². The smallest absolute Gasteiger partial charge is 0.321 e. The Balaban J connectivity index is 1.91. The molecule has 2 heterocycles. The molecule has 2 aromatic heterocycles. The maximum atomic E-state index is 12.7. The second-order valence-corrected chi connectivity index (χ2v) is 6.80. The number of carbonyl (C=O) groups excluding carboxylic acids is 2. The number of hydrogen-bond acceptors (Lipinski definition) is 6. The molecule has 0 radical (unpaired) electrons. The lowest BCUT2D eigenvalue weighted by Crippen LogP contribution is -2.39. The quantitative estimate of drug-likeness (QED) is 0.655. The van der Waals surface area contributed by atoms with Crippen molar-refractivity contribution in [3.63, 3.8) is 0 Å². The van der Waals surface area contributed by atoms with Crippen LogP contribution in [0.3, 0.4) is 0 Å². The predicted octanol–water partition coefficient (Wildman–Crippen LogP) is 2.67. The molecule has 3 rings (SSSR count). The molecule has 8 nitrogen and oxygen atoms in total. The highest BCUT2D eigenvalue weighted by molar-refractivity contribution is 8.00. The van der Waals surface area contributed by atoms with Crippen LogP contribution in [0.5, 0.6) is 0 Å². The number of hydrogen-bond donors (Lipinski definition) is 2. The molecule has 0 saturated heterocycles. The van der Waals surface area contributed by atoms with Crippen LogP contribution in [0.15, 0.2) is 52.2 Å². The molecule has 3 amide bonds. The number of nitrogens with one attached hydrogen (secondary N) is 2. The second-order valence-electron chi connectivity index (χ2n) is 5.73. The maximum absolute atomic E-state index is 12.7. The Labute approximate surface area is 160 Å². The minimum Gasteiger partial charge on any atom is -0.469 e. The van der Waals surface area contributed by atoms with E-state index in [2.05, 4.69) is 20.8 Å². The topological polar surface area (TPSA) is 102 Å². The zero-order chi connectivity index (χ0) is 19.4. The molecule has 2 N–H and O–H groups in total. The summed E-state index contributed by atoms with van der Waals surface area (Å²) >= 11 is 1.22. The summed E-state index contributed by atoms with van der Waals surface area (Å²) in [6.07, 6.45) is 1.59. The molecule has 0 aliphatic carbocycles. The molecule has 0 fully saturated rings. The van der Waals surface area contributed by atoms with Crippen molar-refractivity contribution >= 4 is 23.7 Å². The Morgan fingerprint density at radius 3 is 2.56 bits per heavy atom. The van der Waals surface area contributed by atoms with E-state index in [4.69, 9.17) is 4.42 Å². The van der Waals surface area contributed by atoms with Crippen LogP contribution in [0.25, 0.3) is 11.4 Å². The fourth-order valence-electron chi connectivity index (χ4n) is 2.52. The van der Waals surface area contributed by atoms with Crippen molar-refractivity contribution in [2.45, 2.75) is 17.3 Å². The van der Waals surface area contributed by atoms with Crippen LogP contribution in [-0.2, 0) is 11.8 Å². The molecular weight excluding hydrogens is 366 g/mol. The number of aryl methyl sites for hydroxylation is 1. The van der Waals surface area contributed by atoms with Crippen LogP contribution in [0, 0.1) is 6.92 Å². The van der Waals surface area contributed by atoms with Crippen molar-refractivity contribution in [2.75, 3.05) is 7.05 Å². The van der Waals surface area contributed by atoms with E-state index >= 15 is 0 Å². The molecule has 0 aliphatic heterocycles. The van der Waals surface area contributed by atoms with Gasteiger partial charge in [0.15, 0.2) is 11.0 Å². The number of imide groups is 1. The van der Waals surface area contributed by atoms with Gasteiger partial charge in [-0.1, -0.05) is 42.1 Å². The zero-order valence-electron chi connectivity index (χ0n) is 15.1. The molecule has 0 aliphatic rings. The highest BCUT2D eigenvalue weighted by Crippen LogP contribution is 2.36. The Hall–Kier alpha value is -3.07. The summed E-state index contributed by atoms with van der Waals surface area (Å²) in [4.78, 5) is 24.2. The third-order valence-corrected chi connectivity index (χ3v) is 5.25. The summed E-state index contributed by atoms with van der Waals surface area (Å²) in [7, 11) is 3.28. The number of benzene rings is 1. The summed E-state index contributed by atoms with van der Waals surface area (Å²) < 4.78 is 7.13. The summed E-state index contributed by atoms with van der Waals surface area (Å²) in [5, 5.41) is 13.0. The average Bonchev–Trinajstić information content (AvgIpc) is 3.25. The third kappa shape index (κ3) is 4.03. The van der Waals surface area contributed by atoms with E-state index in [0.29, 0.717) is 11.0 Å². The van der Waals surface area contributed by atoms with Gasteiger partial charge < -0.3 is 14.3 Å². The largest absolute Gasteiger partial charge is 0.469 e. The van der Waals surface area contributed by atoms with E-state index in [-0.39, 0.29) is 0 Å². The molecule has 1 atom stereocenters. The number of furan rings is 1. The molecule has 9 heteroatoms. The van der Waals surface area contributed by atoms with E-state index in [0.717, 1.165) is 16.9 Å². The summed E-state index contributed by atoms with van der Waals surface area (Å²) in [6, 6.07) is 10.5. The molecule has 0 spiro atoms. The summed E-state index contributed by atoms with van der Waals surface area (Å²) in [6.45, 7) is 1.85. The van der Waals surface area contributed by atoms with E-state index in [1.54, 1.807) is 10.8 Å². The van der Waals surface area contributed by atoms with Crippen molar-refractivity contribution in [1.82, 2.24) is 25.4 Å². The van der Waals surface area contributed by atoms with Crippen LogP contribution in [-0.4, -0.2) is 33.8 Å². The molecule has 27 heavy (non-hydrogen) atoms. The lowest BCUT2D eigenvalue weighted by Gasteiger charge is -2.15. The first-order valence-corrected chi connectivity index (χ1v) is 9.07. The first-order valence-electron chi connectivity index (χ1n) is 8.19. The zero-order valence-corrected chi connectivity index (χ0v) is 15.9. The Morgan fingerprint density at radius 1 is 1.19 bits per heavy atom. The molecule has 140 valence electrons. The Morgan fingerprint density at radius 2 is 1.93 bits per heavy atom. The van der Waals surface area contributed by atoms with E-state index in [1.165, 1.54) is 18.8 Å². The SMILES string of the molecule is CNC(=O)NC(=O)[C@H](Sc1nnc(-c2ccoc2C)n1C)c1ccccc1. The van der Waals surface area contributed by atoms with E-state index < -0.39 is 17.2 Å². The van der Waals surface area contributed by atoms with Gasteiger partial charge in [0.25, 0.3) is 0 Å². The highest BCUT2D eigenvalue weighted by atomic mass is 32.2. The van der Waals surface area contributed by atoms with Crippen molar-refractivity contribution in [3.8, 4) is 11.4 Å². The van der Waals surface area contributed by atoms with Gasteiger partial charge in [0.05, 0.1) is 11.8 Å². The van der Waals surface area contributed by atoms with Gasteiger partial charge in [-0.15, -0.1) is 10.2 Å². The number of carbonyl (C=O) groups is 2. The Bertz CT molecular complexity index is 951. The first kappa shape index (κ1) is 18.7. The monoisotopic (exact) mass is 385 g/mol. The number of thioether (sulfide) groups is 1. The van der Waals surface area contributed by atoms with Gasteiger partial charge in [0, 0.05) is 14.1 Å². The van der Waals surface area contributed by atoms with Crippen LogP contribution in [0.4, 0.5) is 4.79 Å². The lowest BCUT2D eigenvalue weighted by atomic mass is 10.1. The molecule has 0 saturated carbocycles. The summed E-state index contributed by atoms with van der Waals surface area (Å²) in [5.74, 6) is 0.941. The van der Waals surface area contributed by atoms with Crippen molar-refractivity contribution < 1.29 is 14.0 Å². The molecule has 1 aromatic carbocycles. The molecule has 3 aromatic rings. The van der Waals surface area contributed by atoms with Crippen LogP contribution in [0.2, 0.25) is 0 Å². The molecule has 0 bridgehead atoms. The minimum atomic E-state index is -0.662. The van der Waals surface area contributed by atoms with Gasteiger partial charge in [0.1, 0.15) is 11.0 Å². The van der Waals surface area contributed by atoms with Crippen molar-refractivity contribution in [2.24, 2.45) is 7.05 Å². The van der Waals surface area contributed by atoms with Gasteiger partial charge in [0.2, 0.25) is 5.91 Å². The number of amides is 3. The fourth-order valence-corrected chi connectivity index (χ4v) is 3.52. The standard InChI is InChI=1S/C18H19N5O3S/c1-11-13(9-10-26-11)15-21-22-18(23(15)3)27-14(12-7-5-4-6-8-12)16(24)20-17(25)19-2/h4-10,14H,1-3H3,(H2,19,20,24,25)/t14-/m1/s1. The number of aromatic nitrogens is 3. The molecular formula is C18H19N5O3S. The predicted molar refractivity (Wildman–Crippen MR) is 101 cm³/mol. The van der Waals surface area contributed by atoms with Crippen molar-refractivity contribution in [1.29, 1.82) is 0 Å². The number of nitrogens with zero attached hydrogens (tertiary/aromatic N) is 3. The number of rotatable bonds is 5. The van der Waals surface area contributed by atoms with Gasteiger partial charge in [-0.25, -0.2) is 4.79 Å². The van der Waals surface area contributed by atoms with E-state index in [9.17, 15) is 9.59 Å². The van der Waals surface area contributed by atoms with Gasteiger partial charge in [-0.3, -0.25) is 10.1 Å². The maximum Gasteiger partial charge on any atom is 0.321 e. The summed E-state index contributed by atoms with van der Waals surface area (Å²) in [5.41, 5.74) is 1.59. The number of urea groups is 1. The average molecular weight is 385 g/mol. The highest BCUT2D eigenvalue weighted by Gasteiger charge is 2.26. The lowest BCUT2D eigenvalue weighted by molar-refractivity contribution is -0.119. The van der Waals surface area contributed by atoms with Gasteiger partial charge in [-0.2, -0.15) is 0 Å². The Kier molecular flexibility index (Phi) is 5.60.